The predicted molar refractivity (Wildman–Crippen MR) is 71.1 cm³/mol. The minimum atomic E-state index is -0.355. The molecule has 1 aromatic carbocycles. The zero-order chi connectivity index (χ0) is 13.4. The highest BCUT2D eigenvalue weighted by Gasteiger charge is 2.15. The normalized spacial score (nSPS) is 11.0. The Morgan fingerprint density at radius 1 is 1.26 bits per heavy atom. The highest BCUT2D eigenvalue weighted by Crippen LogP contribution is 2.27. The summed E-state index contributed by atoms with van der Waals surface area (Å²) in [5, 5.41) is 11.9. The number of rotatable bonds is 3. The van der Waals surface area contributed by atoms with Crippen LogP contribution in [0.5, 0.6) is 0 Å². The van der Waals surface area contributed by atoms with Crippen molar-refractivity contribution < 1.29 is 9.34 Å². The molecule has 0 saturated carbocycles. The lowest BCUT2D eigenvalue weighted by atomic mass is 10.2. The van der Waals surface area contributed by atoms with Crippen molar-refractivity contribution in [3.8, 4) is 0 Å². The highest BCUT2D eigenvalue weighted by molar-refractivity contribution is 5.88. The van der Waals surface area contributed by atoms with Crippen LogP contribution in [0.1, 0.15) is 11.5 Å². The van der Waals surface area contributed by atoms with Gasteiger partial charge < -0.3 is 8.98 Å². The van der Waals surface area contributed by atoms with Crippen LogP contribution in [0.25, 0.3) is 10.9 Å². The van der Waals surface area contributed by atoms with Crippen LogP contribution < -0.4 is 0 Å². The summed E-state index contributed by atoms with van der Waals surface area (Å²) in [5.41, 5.74) is 0.743. The van der Waals surface area contributed by atoms with E-state index in [0.717, 1.165) is 16.9 Å². The van der Waals surface area contributed by atoms with Gasteiger partial charge in [0.2, 0.25) is 0 Å². The van der Waals surface area contributed by atoms with Crippen molar-refractivity contribution in [2.75, 3.05) is 0 Å². The molecule has 0 aliphatic heterocycles. The van der Waals surface area contributed by atoms with Gasteiger partial charge in [0, 0.05) is 17.6 Å². The summed E-state index contributed by atoms with van der Waals surface area (Å²) in [7, 11) is 0. The third kappa shape index (κ3) is 1.99. The molecule has 3 aromatic rings. The molecule has 0 spiro atoms. The van der Waals surface area contributed by atoms with Gasteiger partial charge in [-0.2, -0.15) is 0 Å². The van der Waals surface area contributed by atoms with Gasteiger partial charge in [0.1, 0.15) is 17.0 Å². The van der Waals surface area contributed by atoms with Crippen molar-refractivity contribution in [3.63, 3.8) is 0 Å². The Balaban J connectivity index is 2.11. The first-order valence-electron chi connectivity index (χ1n) is 5.93. The monoisotopic (exact) mass is 256 g/mol. The Morgan fingerprint density at radius 2 is 2.11 bits per heavy atom. The number of aryl methyl sites for hydroxylation is 1. The zero-order valence-corrected chi connectivity index (χ0v) is 10.4. The molecule has 5 heteroatoms. The predicted octanol–water partition coefficient (Wildman–Crippen LogP) is 3.50. The molecule has 2 heterocycles. The number of nitro benzene ring substituents is 1. The highest BCUT2D eigenvalue weighted by atomic mass is 16.6. The Morgan fingerprint density at radius 3 is 2.79 bits per heavy atom. The quantitative estimate of drug-likeness (QED) is 0.532. The van der Waals surface area contributed by atoms with Gasteiger partial charge in [-0.1, -0.05) is 12.1 Å². The lowest BCUT2D eigenvalue weighted by Gasteiger charge is -2.03. The second-order valence-electron chi connectivity index (χ2n) is 4.43. The number of nitrogens with zero attached hydrogens (tertiary/aromatic N) is 2. The lowest BCUT2D eigenvalue weighted by Crippen LogP contribution is -1.99. The number of non-ortho nitro benzene ring substituents is 1. The topological polar surface area (TPSA) is 61.2 Å². The maximum Gasteiger partial charge on any atom is 0.293 e. The average molecular weight is 256 g/mol. The molecular formula is C14H12N2O3. The molecule has 0 aliphatic carbocycles. The van der Waals surface area contributed by atoms with Gasteiger partial charge in [-0.05, 0) is 25.1 Å². The molecule has 0 N–H and O–H groups in total. The van der Waals surface area contributed by atoms with Crippen molar-refractivity contribution in [2.24, 2.45) is 0 Å². The van der Waals surface area contributed by atoms with E-state index in [2.05, 4.69) is 0 Å². The summed E-state index contributed by atoms with van der Waals surface area (Å²) < 4.78 is 7.35. The fourth-order valence-electron chi connectivity index (χ4n) is 2.26. The van der Waals surface area contributed by atoms with Crippen molar-refractivity contribution in [3.05, 3.63) is 64.2 Å². The maximum absolute atomic E-state index is 11.1. The SMILES string of the molecule is Cc1ccc(Cn2ccc3cccc([N+](=O)[O-])c32)o1. The number of nitro groups is 1. The molecule has 2 aromatic heterocycles. The van der Waals surface area contributed by atoms with E-state index in [1.165, 1.54) is 6.07 Å². The van der Waals surface area contributed by atoms with Gasteiger partial charge in [0.05, 0.1) is 11.5 Å². The molecule has 0 unspecified atom stereocenters. The number of fused-ring (bicyclic) bond motifs is 1. The van der Waals surface area contributed by atoms with Gasteiger partial charge in [-0.25, -0.2) is 0 Å². The van der Waals surface area contributed by atoms with Gasteiger partial charge in [-0.15, -0.1) is 0 Å². The first-order chi connectivity index (χ1) is 9.15. The molecule has 0 amide bonds. The van der Waals surface area contributed by atoms with Crippen molar-refractivity contribution in [2.45, 2.75) is 13.5 Å². The van der Waals surface area contributed by atoms with Crippen molar-refractivity contribution in [1.29, 1.82) is 0 Å². The number of hydrogen-bond donors (Lipinski definition) is 0. The van der Waals surface area contributed by atoms with Gasteiger partial charge in [0.15, 0.2) is 0 Å². The minimum Gasteiger partial charge on any atom is -0.464 e. The Hall–Kier alpha value is -2.56. The smallest absolute Gasteiger partial charge is 0.293 e. The minimum absolute atomic E-state index is 0.116. The fraction of sp³-hybridized carbons (Fsp3) is 0.143. The summed E-state index contributed by atoms with van der Waals surface area (Å²) in [6.07, 6.45) is 1.84. The molecule has 0 radical (unpaired) electrons. The van der Waals surface area contributed by atoms with E-state index < -0.39 is 0 Å². The molecule has 19 heavy (non-hydrogen) atoms. The number of hydrogen-bond acceptors (Lipinski definition) is 3. The summed E-state index contributed by atoms with van der Waals surface area (Å²) in [5.74, 6) is 1.62. The zero-order valence-electron chi connectivity index (χ0n) is 10.4. The standard InChI is InChI=1S/C14H12N2O3/c1-10-5-6-12(19-10)9-15-8-7-11-3-2-4-13(14(11)15)16(17)18/h2-8H,9H2,1H3. The van der Waals surface area contributed by atoms with Crippen LogP contribution in [0.2, 0.25) is 0 Å². The average Bonchev–Trinajstić information content (AvgIpc) is 2.97. The fourth-order valence-corrected chi connectivity index (χ4v) is 2.26. The molecule has 3 rings (SSSR count). The molecule has 96 valence electrons. The van der Waals surface area contributed by atoms with Crippen molar-refractivity contribution in [1.82, 2.24) is 4.57 Å². The van der Waals surface area contributed by atoms with Crippen LogP contribution >= 0.6 is 0 Å². The number of benzene rings is 1. The van der Waals surface area contributed by atoms with Crippen LogP contribution in [0, 0.1) is 17.0 Å². The number of aromatic nitrogens is 1. The van der Waals surface area contributed by atoms with Crippen LogP contribution in [0.4, 0.5) is 5.69 Å². The Bertz CT molecular complexity index is 755. The van der Waals surface area contributed by atoms with E-state index in [-0.39, 0.29) is 10.6 Å². The maximum atomic E-state index is 11.1. The third-order valence-electron chi connectivity index (χ3n) is 3.09. The summed E-state index contributed by atoms with van der Waals surface area (Å²) in [6, 6.07) is 10.7. The molecule has 5 nitrogen and oxygen atoms in total. The second-order valence-corrected chi connectivity index (χ2v) is 4.43. The van der Waals surface area contributed by atoms with E-state index in [4.69, 9.17) is 4.42 Å². The first kappa shape index (κ1) is 11.5. The third-order valence-corrected chi connectivity index (χ3v) is 3.09. The van der Waals surface area contributed by atoms with Gasteiger partial charge in [0.25, 0.3) is 5.69 Å². The van der Waals surface area contributed by atoms with E-state index in [1.54, 1.807) is 6.07 Å². The van der Waals surface area contributed by atoms with Crippen LogP contribution in [0.3, 0.4) is 0 Å². The van der Waals surface area contributed by atoms with E-state index in [0.29, 0.717) is 12.1 Å². The first-order valence-corrected chi connectivity index (χ1v) is 5.93. The van der Waals surface area contributed by atoms with E-state index in [1.807, 2.05) is 42.0 Å². The summed E-state index contributed by atoms with van der Waals surface area (Å²) in [4.78, 5) is 10.7. The molecular weight excluding hydrogens is 244 g/mol. The van der Waals surface area contributed by atoms with Crippen LogP contribution in [-0.2, 0) is 6.54 Å². The van der Waals surface area contributed by atoms with Crippen LogP contribution in [-0.4, -0.2) is 9.49 Å². The Kier molecular flexibility index (Phi) is 2.59. The van der Waals surface area contributed by atoms with E-state index in [9.17, 15) is 10.1 Å². The summed E-state index contributed by atoms with van der Waals surface area (Å²) in [6.45, 7) is 2.36. The molecule has 0 fully saturated rings. The van der Waals surface area contributed by atoms with Crippen molar-refractivity contribution >= 4 is 16.6 Å². The van der Waals surface area contributed by atoms with Gasteiger partial charge in [-0.3, -0.25) is 10.1 Å². The molecule has 0 bridgehead atoms. The molecule has 0 saturated heterocycles. The molecule has 0 atom stereocenters. The Labute approximate surface area is 109 Å². The van der Waals surface area contributed by atoms with Crippen LogP contribution in [0.15, 0.2) is 47.0 Å². The van der Waals surface area contributed by atoms with Gasteiger partial charge >= 0.3 is 0 Å². The van der Waals surface area contributed by atoms with E-state index >= 15 is 0 Å². The number of para-hydroxylation sites is 1. The molecule has 0 aliphatic rings. The lowest BCUT2D eigenvalue weighted by molar-refractivity contribution is -0.383. The largest absolute Gasteiger partial charge is 0.464 e. The second kappa shape index (κ2) is 4.28. The number of furan rings is 1. The summed E-state index contributed by atoms with van der Waals surface area (Å²) >= 11 is 0.